The number of para-hydroxylation sites is 1. The zero-order valence-corrected chi connectivity index (χ0v) is 15.8. The highest BCUT2D eigenvalue weighted by Gasteiger charge is 2.23. The fourth-order valence-corrected chi connectivity index (χ4v) is 2.00. The molecule has 0 saturated heterocycles. The summed E-state index contributed by atoms with van der Waals surface area (Å²) in [7, 11) is 4.03. The Labute approximate surface area is 147 Å². The molecule has 0 saturated carbocycles. The summed E-state index contributed by atoms with van der Waals surface area (Å²) in [5, 5.41) is 3.05. The summed E-state index contributed by atoms with van der Waals surface area (Å²) in [4.78, 5) is 16.8. The average Bonchev–Trinajstić information content (AvgIpc) is 2.45. The average molecular weight is 350 g/mol. The molecule has 6 heteroatoms. The van der Waals surface area contributed by atoms with E-state index in [-0.39, 0.29) is 36.8 Å². The summed E-state index contributed by atoms with van der Waals surface area (Å²) in [6, 6.07) is 7.74. The molecule has 0 aromatic heterocycles. The minimum Gasteiger partial charge on any atom is -0.324 e. The molecule has 128 valence electrons. The monoisotopic (exact) mass is 349 g/mol. The Morgan fingerprint density at radius 2 is 1.73 bits per heavy atom. The van der Waals surface area contributed by atoms with Gasteiger partial charge in [0.25, 0.3) is 0 Å². The summed E-state index contributed by atoms with van der Waals surface area (Å²) in [6.45, 7) is 8.70. The minimum atomic E-state index is -0.135. The van der Waals surface area contributed by atoms with E-state index in [9.17, 15) is 4.79 Å². The van der Waals surface area contributed by atoms with Gasteiger partial charge in [0.05, 0.1) is 0 Å². The van der Waals surface area contributed by atoms with Crippen molar-refractivity contribution in [2.24, 2.45) is 0 Å². The smallest absolute Gasteiger partial charge is 0.243 e. The summed E-state index contributed by atoms with van der Waals surface area (Å²) < 4.78 is 0. The van der Waals surface area contributed by atoms with Crippen molar-refractivity contribution in [2.75, 3.05) is 39.0 Å². The third kappa shape index (κ3) is 6.97. The first-order valence-corrected chi connectivity index (χ1v) is 7.24. The molecular formula is C16H29Cl2N3O. The second-order valence-electron chi connectivity index (χ2n) is 5.25. The molecule has 0 heterocycles. The van der Waals surface area contributed by atoms with Gasteiger partial charge in [-0.1, -0.05) is 32.0 Å². The van der Waals surface area contributed by atoms with E-state index >= 15 is 0 Å². The molecule has 1 rings (SSSR count). The summed E-state index contributed by atoms with van der Waals surface area (Å²) in [5.41, 5.74) is 1.98. The van der Waals surface area contributed by atoms with Gasteiger partial charge < -0.3 is 10.2 Å². The van der Waals surface area contributed by atoms with E-state index in [0.717, 1.165) is 30.9 Å². The van der Waals surface area contributed by atoms with E-state index in [1.165, 1.54) is 0 Å². The van der Waals surface area contributed by atoms with Crippen LogP contribution in [0.1, 0.15) is 19.4 Å². The first kappa shape index (κ1) is 23.5. The highest BCUT2D eigenvalue weighted by atomic mass is 35.5. The van der Waals surface area contributed by atoms with Crippen molar-refractivity contribution in [3.05, 3.63) is 29.8 Å². The fourth-order valence-electron chi connectivity index (χ4n) is 2.00. The Morgan fingerprint density at radius 1 is 1.14 bits per heavy atom. The summed E-state index contributed by atoms with van der Waals surface area (Å²) in [6.07, 6.45) is 0. The van der Waals surface area contributed by atoms with Crippen molar-refractivity contribution in [2.45, 2.75) is 26.8 Å². The quantitative estimate of drug-likeness (QED) is 0.821. The largest absolute Gasteiger partial charge is 0.324 e. The Morgan fingerprint density at radius 3 is 2.23 bits per heavy atom. The predicted molar refractivity (Wildman–Crippen MR) is 99.6 cm³/mol. The number of hydrogen-bond acceptors (Lipinski definition) is 3. The third-order valence-electron chi connectivity index (χ3n) is 3.76. The van der Waals surface area contributed by atoms with Gasteiger partial charge in [-0.25, -0.2) is 0 Å². The van der Waals surface area contributed by atoms with Crippen LogP contribution in [0.2, 0.25) is 0 Å². The molecule has 1 aromatic rings. The Kier molecular flexibility index (Phi) is 12.5. The van der Waals surface area contributed by atoms with Crippen molar-refractivity contribution in [3.8, 4) is 0 Å². The number of carbonyl (C=O) groups is 1. The molecule has 4 nitrogen and oxygen atoms in total. The maximum Gasteiger partial charge on any atom is 0.243 e. The number of nitrogens with one attached hydrogen (secondary N) is 1. The van der Waals surface area contributed by atoms with Gasteiger partial charge in [-0.05, 0) is 45.7 Å². The van der Waals surface area contributed by atoms with Crippen molar-refractivity contribution in [3.63, 3.8) is 0 Å². The zero-order chi connectivity index (χ0) is 15.1. The molecule has 1 amide bonds. The number of benzene rings is 1. The third-order valence-corrected chi connectivity index (χ3v) is 3.76. The van der Waals surface area contributed by atoms with Crippen LogP contribution in [0, 0.1) is 6.92 Å². The second kappa shape index (κ2) is 11.7. The predicted octanol–water partition coefficient (Wildman–Crippen LogP) is 3.05. The zero-order valence-electron chi connectivity index (χ0n) is 14.1. The molecule has 1 atom stereocenters. The van der Waals surface area contributed by atoms with Crippen LogP contribution < -0.4 is 5.32 Å². The van der Waals surface area contributed by atoms with Crippen LogP contribution in [-0.4, -0.2) is 55.5 Å². The molecule has 0 aliphatic rings. The Bertz CT molecular complexity index is 443. The van der Waals surface area contributed by atoms with Gasteiger partial charge in [0.1, 0.15) is 6.04 Å². The molecule has 0 bridgehead atoms. The minimum absolute atomic E-state index is 0. The van der Waals surface area contributed by atoms with E-state index in [4.69, 9.17) is 0 Å². The van der Waals surface area contributed by atoms with Crippen LogP contribution in [0.25, 0.3) is 0 Å². The van der Waals surface area contributed by atoms with Gasteiger partial charge in [-0.2, -0.15) is 0 Å². The number of amides is 1. The normalized spacial score (nSPS) is 11.6. The number of hydrogen-bond donors (Lipinski definition) is 1. The van der Waals surface area contributed by atoms with E-state index in [2.05, 4.69) is 29.0 Å². The standard InChI is InChI=1S/C16H27N3O.2ClH/c1-6-18(4)12-15(19(5)7-2)16(20)17-14-11-9-8-10-13(14)3;;/h8-11,15H,6-7,12H2,1-5H3,(H,17,20);2*1H. The number of likely N-dealkylation sites (N-methyl/N-ethyl adjacent to an activating group) is 2. The SMILES string of the molecule is CCN(C)CC(C(=O)Nc1ccccc1C)N(C)CC.Cl.Cl. The number of carbonyl (C=O) groups excluding carboxylic acids is 1. The first-order valence-electron chi connectivity index (χ1n) is 7.24. The van der Waals surface area contributed by atoms with Crippen molar-refractivity contribution >= 4 is 36.4 Å². The molecule has 0 radical (unpaired) electrons. The Hall–Kier alpha value is -0.810. The molecule has 1 aromatic carbocycles. The lowest BCUT2D eigenvalue weighted by Crippen LogP contribution is -2.48. The molecule has 0 spiro atoms. The topological polar surface area (TPSA) is 35.6 Å². The van der Waals surface area contributed by atoms with Gasteiger partial charge in [-0.3, -0.25) is 9.69 Å². The lowest BCUT2D eigenvalue weighted by molar-refractivity contribution is -0.121. The number of halogens is 2. The molecule has 0 fully saturated rings. The summed E-state index contributed by atoms with van der Waals surface area (Å²) in [5.74, 6) is 0.0592. The van der Waals surface area contributed by atoms with Gasteiger partial charge in [0.2, 0.25) is 5.91 Å². The maximum absolute atomic E-state index is 12.5. The van der Waals surface area contributed by atoms with E-state index in [0.29, 0.717) is 0 Å². The number of nitrogens with zero attached hydrogens (tertiary/aromatic N) is 2. The lowest BCUT2D eigenvalue weighted by atomic mass is 10.1. The number of rotatable bonds is 7. The van der Waals surface area contributed by atoms with Crippen LogP contribution in [-0.2, 0) is 4.79 Å². The van der Waals surface area contributed by atoms with Crippen molar-refractivity contribution in [1.82, 2.24) is 9.80 Å². The molecule has 1 N–H and O–H groups in total. The van der Waals surface area contributed by atoms with Gasteiger partial charge in [-0.15, -0.1) is 24.8 Å². The van der Waals surface area contributed by atoms with Crippen LogP contribution in [0.4, 0.5) is 5.69 Å². The van der Waals surface area contributed by atoms with Crippen LogP contribution in [0.5, 0.6) is 0 Å². The molecule has 0 aliphatic carbocycles. The molecule has 0 aliphatic heterocycles. The van der Waals surface area contributed by atoms with Crippen molar-refractivity contribution < 1.29 is 4.79 Å². The lowest BCUT2D eigenvalue weighted by Gasteiger charge is -2.29. The van der Waals surface area contributed by atoms with E-state index < -0.39 is 0 Å². The maximum atomic E-state index is 12.5. The number of anilines is 1. The van der Waals surface area contributed by atoms with Crippen LogP contribution in [0.15, 0.2) is 24.3 Å². The second-order valence-corrected chi connectivity index (χ2v) is 5.25. The van der Waals surface area contributed by atoms with E-state index in [1.54, 1.807) is 0 Å². The van der Waals surface area contributed by atoms with Gasteiger partial charge in [0.15, 0.2) is 0 Å². The molecule has 22 heavy (non-hydrogen) atoms. The van der Waals surface area contributed by atoms with Crippen molar-refractivity contribution in [1.29, 1.82) is 0 Å². The first-order chi connectivity index (χ1) is 9.49. The highest BCUT2D eigenvalue weighted by molar-refractivity contribution is 5.95. The number of aryl methyl sites for hydroxylation is 1. The fraction of sp³-hybridized carbons (Fsp3) is 0.562. The molecule has 1 unspecified atom stereocenters. The highest BCUT2D eigenvalue weighted by Crippen LogP contribution is 2.14. The van der Waals surface area contributed by atoms with Gasteiger partial charge in [0, 0.05) is 12.2 Å². The van der Waals surface area contributed by atoms with Crippen LogP contribution in [0.3, 0.4) is 0 Å². The summed E-state index contributed by atoms with van der Waals surface area (Å²) >= 11 is 0. The Balaban J connectivity index is 0. The van der Waals surface area contributed by atoms with E-state index in [1.807, 2.05) is 45.3 Å². The molecular weight excluding hydrogens is 321 g/mol. The van der Waals surface area contributed by atoms with Crippen LogP contribution >= 0.6 is 24.8 Å². The van der Waals surface area contributed by atoms with Gasteiger partial charge >= 0.3 is 0 Å².